The lowest BCUT2D eigenvalue weighted by Crippen LogP contribution is -2.46. The molecule has 1 saturated carbocycles. The molecule has 190 valence electrons. The van der Waals surface area contributed by atoms with E-state index in [-0.39, 0.29) is 29.9 Å². The molecule has 0 unspecified atom stereocenters. The van der Waals surface area contributed by atoms with Gasteiger partial charge in [-0.2, -0.15) is 18.2 Å². The van der Waals surface area contributed by atoms with Gasteiger partial charge in [0, 0.05) is 30.9 Å². The first-order valence-corrected chi connectivity index (χ1v) is 11.6. The number of likely N-dealkylation sites (tertiary alicyclic amines) is 1. The fraction of sp³-hybridized carbons (Fsp3) is 0.591. The molecular weight excluding hydrogens is 467 g/mol. The molecule has 2 aromatic heterocycles. The smallest absolute Gasteiger partial charge is 0.422 e. The van der Waals surface area contributed by atoms with Crippen LogP contribution < -0.4 is 15.4 Å². The summed E-state index contributed by atoms with van der Waals surface area (Å²) in [5.74, 6) is 0.455. The van der Waals surface area contributed by atoms with E-state index in [1.807, 2.05) is 0 Å². The number of nitro groups is 1. The molecular formula is C22H28F3N7O3. The number of pyridine rings is 1. The molecule has 0 atom stereocenters. The fourth-order valence-electron chi connectivity index (χ4n) is 4.40. The third-order valence-corrected chi connectivity index (χ3v) is 6.41. The average Bonchev–Trinajstić information content (AvgIpc) is 2.80. The van der Waals surface area contributed by atoms with Crippen molar-refractivity contribution < 1.29 is 22.8 Å². The van der Waals surface area contributed by atoms with Crippen molar-refractivity contribution in [3.8, 4) is 5.88 Å². The summed E-state index contributed by atoms with van der Waals surface area (Å²) in [4.78, 5) is 25.5. The van der Waals surface area contributed by atoms with Gasteiger partial charge in [0.1, 0.15) is 6.20 Å². The highest BCUT2D eigenvalue weighted by molar-refractivity contribution is 5.57. The standard InChI is InChI=1S/C22H28F3N7O3/c23-22(24,25)14-35-20-16(3-1-8-26-20)12-28-21-29-13-18(32(33)34)19(30-21)27-11-15-4-6-17(7-5-15)31-9-2-10-31/h1,3,8,13,15,17H,2,4-7,9-12,14H2,(H2,27,28,29,30). The normalized spacial score (nSPS) is 20.7. The second kappa shape index (κ2) is 11.0. The second-order valence-electron chi connectivity index (χ2n) is 8.85. The van der Waals surface area contributed by atoms with Crippen molar-refractivity contribution in [3.05, 3.63) is 40.2 Å². The summed E-state index contributed by atoms with van der Waals surface area (Å²) in [6.45, 7) is 1.51. The van der Waals surface area contributed by atoms with Crippen molar-refractivity contribution in [1.82, 2.24) is 19.9 Å². The zero-order chi connectivity index (χ0) is 24.8. The molecule has 1 aliphatic carbocycles. The Kier molecular flexibility index (Phi) is 7.83. The molecule has 2 aliphatic rings. The number of hydrogen-bond acceptors (Lipinski definition) is 9. The number of anilines is 2. The maximum absolute atomic E-state index is 12.5. The average molecular weight is 496 g/mol. The van der Waals surface area contributed by atoms with Crippen LogP contribution in [0.1, 0.15) is 37.7 Å². The number of nitrogens with one attached hydrogen (secondary N) is 2. The molecule has 10 nitrogen and oxygen atoms in total. The van der Waals surface area contributed by atoms with Gasteiger partial charge < -0.3 is 20.3 Å². The highest BCUT2D eigenvalue weighted by atomic mass is 19.4. The maximum atomic E-state index is 12.5. The van der Waals surface area contributed by atoms with Gasteiger partial charge in [-0.1, -0.05) is 6.07 Å². The van der Waals surface area contributed by atoms with Crippen molar-refractivity contribution in [2.24, 2.45) is 5.92 Å². The van der Waals surface area contributed by atoms with Gasteiger partial charge in [-0.15, -0.1) is 0 Å². The first kappa shape index (κ1) is 24.9. The fourth-order valence-corrected chi connectivity index (χ4v) is 4.40. The van der Waals surface area contributed by atoms with Crippen LogP contribution in [0.4, 0.5) is 30.6 Å². The molecule has 35 heavy (non-hydrogen) atoms. The lowest BCUT2D eigenvalue weighted by molar-refractivity contribution is -0.384. The van der Waals surface area contributed by atoms with Crippen molar-refractivity contribution in [2.75, 3.05) is 36.9 Å². The third kappa shape index (κ3) is 6.90. The number of hydrogen-bond donors (Lipinski definition) is 2. The summed E-state index contributed by atoms with van der Waals surface area (Å²) in [5.41, 5.74) is 0.132. The van der Waals surface area contributed by atoms with Crippen LogP contribution in [0, 0.1) is 16.0 Å². The van der Waals surface area contributed by atoms with E-state index in [2.05, 4.69) is 30.5 Å². The van der Waals surface area contributed by atoms with Crippen LogP contribution in [0.5, 0.6) is 5.88 Å². The predicted octanol–water partition coefficient (Wildman–Crippen LogP) is 4.01. The lowest BCUT2D eigenvalue weighted by Gasteiger charge is -2.42. The summed E-state index contributed by atoms with van der Waals surface area (Å²) in [6, 6.07) is 3.78. The highest BCUT2D eigenvalue weighted by Crippen LogP contribution is 2.31. The Morgan fingerprint density at radius 2 is 1.94 bits per heavy atom. The van der Waals surface area contributed by atoms with Crippen LogP contribution in [-0.2, 0) is 6.54 Å². The number of nitrogens with zero attached hydrogens (tertiary/aromatic N) is 5. The Balaban J connectivity index is 1.35. The van der Waals surface area contributed by atoms with Crippen LogP contribution in [0.3, 0.4) is 0 Å². The SMILES string of the molecule is O=[N+]([O-])c1cnc(NCc2cccnc2OCC(F)(F)F)nc1NCC1CCC(N2CCC2)CC1. The van der Waals surface area contributed by atoms with Gasteiger partial charge in [0.25, 0.3) is 0 Å². The topological polar surface area (TPSA) is 118 Å². The minimum Gasteiger partial charge on any atom is -0.468 e. The minimum absolute atomic E-state index is 0.0266. The maximum Gasteiger partial charge on any atom is 0.422 e. The van der Waals surface area contributed by atoms with E-state index in [4.69, 9.17) is 4.74 Å². The molecule has 13 heteroatoms. The minimum atomic E-state index is -4.49. The van der Waals surface area contributed by atoms with Crippen molar-refractivity contribution in [2.45, 2.75) is 50.9 Å². The Morgan fingerprint density at radius 3 is 2.60 bits per heavy atom. The molecule has 0 radical (unpaired) electrons. The van der Waals surface area contributed by atoms with Gasteiger partial charge in [-0.05, 0) is 57.2 Å². The van der Waals surface area contributed by atoms with Gasteiger partial charge >= 0.3 is 11.9 Å². The number of halogens is 3. The second-order valence-corrected chi connectivity index (χ2v) is 8.85. The summed E-state index contributed by atoms with van der Waals surface area (Å²) < 4.78 is 42.3. The Hall–Kier alpha value is -3.22. The summed E-state index contributed by atoms with van der Waals surface area (Å²) in [6.07, 6.45) is 3.61. The largest absolute Gasteiger partial charge is 0.468 e. The molecule has 0 amide bonds. The van der Waals surface area contributed by atoms with Crippen LogP contribution >= 0.6 is 0 Å². The Morgan fingerprint density at radius 1 is 1.17 bits per heavy atom. The summed E-state index contributed by atoms with van der Waals surface area (Å²) in [5, 5.41) is 17.5. The van der Waals surface area contributed by atoms with E-state index in [0.29, 0.717) is 24.1 Å². The Bertz CT molecular complexity index is 1010. The van der Waals surface area contributed by atoms with E-state index in [1.165, 1.54) is 25.7 Å². The zero-order valence-corrected chi connectivity index (χ0v) is 19.1. The number of alkyl halides is 3. The van der Waals surface area contributed by atoms with Gasteiger partial charge in [0.05, 0.1) is 4.92 Å². The van der Waals surface area contributed by atoms with Gasteiger partial charge in [0.15, 0.2) is 6.61 Å². The molecule has 2 aromatic rings. The third-order valence-electron chi connectivity index (χ3n) is 6.41. The number of aromatic nitrogens is 3. The van der Waals surface area contributed by atoms with E-state index in [0.717, 1.165) is 31.9 Å². The van der Waals surface area contributed by atoms with Crippen LogP contribution in [0.25, 0.3) is 0 Å². The van der Waals surface area contributed by atoms with Crippen molar-refractivity contribution in [3.63, 3.8) is 0 Å². The van der Waals surface area contributed by atoms with E-state index < -0.39 is 17.7 Å². The molecule has 2 fully saturated rings. The van der Waals surface area contributed by atoms with Crippen LogP contribution in [-0.4, -0.2) is 63.2 Å². The van der Waals surface area contributed by atoms with Crippen LogP contribution in [0.15, 0.2) is 24.5 Å². The van der Waals surface area contributed by atoms with E-state index >= 15 is 0 Å². The quantitative estimate of drug-likeness (QED) is 0.372. The highest BCUT2D eigenvalue weighted by Gasteiger charge is 2.30. The lowest BCUT2D eigenvalue weighted by atomic mass is 9.84. The first-order chi connectivity index (χ1) is 16.8. The molecule has 3 heterocycles. The monoisotopic (exact) mass is 495 g/mol. The molecule has 0 spiro atoms. The molecule has 4 rings (SSSR count). The predicted molar refractivity (Wildman–Crippen MR) is 122 cm³/mol. The molecule has 0 aromatic carbocycles. The number of rotatable bonds is 10. The van der Waals surface area contributed by atoms with Crippen molar-refractivity contribution >= 4 is 17.5 Å². The van der Waals surface area contributed by atoms with Crippen molar-refractivity contribution in [1.29, 1.82) is 0 Å². The summed E-state index contributed by atoms with van der Waals surface area (Å²) >= 11 is 0. The molecule has 2 N–H and O–H groups in total. The van der Waals surface area contributed by atoms with Gasteiger partial charge in [0.2, 0.25) is 17.6 Å². The Labute approximate surface area is 200 Å². The van der Waals surface area contributed by atoms with Gasteiger partial charge in [-0.3, -0.25) is 10.1 Å². The first-order valence-electron chi connectivity index (χ1n) is 11.6. The zero-order valence-electron chi connectivity index (χ0n) is 19.1. The van der Waals surface area contributed by atoms with Crippen LogP contribution in [0.2, 0.25) is 0 Å². The molecule has 1 aliphatic heterocycles. The number of ether oxygens (including phenoxy) is 1. The summed E-state index contributed by atoms with van der Waals surface area (Å²) in [7, 11) is 0. The van der Waals surface area contributed by atoms with E-state index in [9.17, 15) is 23.3 Å². The molecule has 1 saturated heterocycles. The molecule has 0 bridgehead atoms. The van der Waals surface area contributed by atoms with E-state index in [1.54, 1.807) is 12.1 Å². The van der Waals surface area contributed by atoms with Gasteiger partial charge in [-0.25, -0.2) is 9.97 Å².